The number of halogens is 1. The first-order chi connectivity index (χ1) is 11.7. The lowest BCUT2D eigenvalue weighted by Crippen LogP contribution is -2.24. The van der Waals surface area contributed by atoms with Gasteiger partial charge in [0.05, 0.1) is 7.11 Å². The molecule has 0 saturated carbocycles. The van der Waals surface area contributed by atoms with E-state index in [1.807, 2.05) is 42.5 Å². The standard InChI is InChI=1S/C19H22ClNO2S/c1-23-17-6-2-4-15(14-17)5-3-12-21-19(22)11-13-24-18-9-7-16(20)8-10-18/h2,4,6-10,14H,3,5,11-13H2,1H3,(H,21,22). The zero-order chi connectivity index (χ0) is 17.2. The van der Waals surface area contributed by atoms with E-state index in [9.17, 15) is 4.79 Å². The molecule has 0 saturated heterocycles. The number of methoxy groups -OCH3 is 1. The SMILES string of the molecule is COc1cccc(CCCNC(=O)CCSc2ccc(Cl)cc2)c1. The molecule has 0 aromatic heterocycles. The molecule has 0 heterocycles. The zero-order valence-electron chi connectivity index (χ0n) is 13.8. The summed E-state index contributed by atoms with van der Waals surface area (Å²) in [6, 6.07) is 15.7. The molecule has 0 aliphatic rings. The minimum absolute atomic E-state index is 0.0992. The molecule has 0 fully saturated rings. The van der Waals surface area contributed by atoms with Crippen molar-refractivity contribution >= 4 is 29.3 Å². The average Bonchev–Trinajstić information content (AvgIpc) is 2.61. The molecule has 0 bridgehead atoms. The summed E-state index contributed by atoms with van der Waals surface area (Å²) in [5.74, 6) is 1.74. The summed E-state index contributed by atoms with van der Waals surface area (Å²) in [5, 5.41) is 3.70. The number of hydrogen-bond donors (Lipinski definition) is 1. The van der Waals surface area contributed by atoms with Crippen molar-refractivity contribution in [2.24, 2.45) is 0 Å². The Labute approximate surface area is 152 Å². The van der Waals surface area contributed by atoms with Gasteiger partial charge in [0, 0.05) is 28.6 Å². The van der Waals surface area contributed by atoms with Crippen molar-refractivity contribution in [1.29, 1.82) is 0 Å². The van der Waals surface area contributed by atoms with Crippen LogP contribution in [0.25, 0.3) is 0 Å². The molecule has 2 aromatic rings. The molecular formula is C19H22ClNO2S. The van der Waals surface area contributed by atoms with Crippen LogP contribution in [-0.2, 0) is 11.2 Å². The summed E-state index contributed by atoms with van der Waals surface area (Å²) < 4.78 is 5.21. The van der Waals surface area contributed by atoms with Crippen LogP contribution in [0.15, 0.2) is 53.4 Å². The minimum Gasteiger partial charge on any atom is -0.497 e. The lowest BCUT2D eigenvalue weighted by molar-refractivity contribution is -0.120. The van der Waals surface area contributed by atoms with Gasteiger partial charge in [-0.2, -0.15) is 0 Å². The third kappa shape index (κ3) is 6.85. The Balaban J connectivity index is 1.58. The molecule has 0 spiro atoms. The van der Waals surface area contributed by atoms with Crippen LogP contribution in [0.4, 0.5) is 0 Å². The molecule has 1 amide bonds. The molecule has 3 nitrogen and oxygen atoms in total. The molecule has 24 heavy (non-hydrogen) atoms. The van der Waals surface area contributed by atoms with Crippen molar-refractivity contribution in [3.8, 4) is 5.75 Å². The fourth-order valence-corrected chi connectivity index (χ4v) is 3.21. The van der Waals surface area contributed by atoms with Gasteiger partial charge >= 0.3 is 0 Å². The van der Waals surface area contributed by atoms with Gasteiger partial charge in [0.2, 0.25) is 5.91 Å². The Morgan fingerprint density at radius 1 is 1.21 bits per heavy atom. The number of amides is 1. The number of ether oxygens (including phenoxy) is 1. The first-order valence-corrected chi connectivity index (χ1v) is 9.32. The van der Waals surface area contributed by atoms with Crippen LogP contribution in [0.2, 0.25) is 5.02 Å². The molecule has 5 heteroatoms. The van der Waals surface area contributed by atoms with Gasteiger partial charge in [0.25, 0.3) is 0 Å². The van der Waals surface area contributed by atoms with Crippen molar-refractivity contribution in [2.75, 3.05) is 19.4 Å². The predicted molar refractivity (Wildman–Crippen MR) is 101 cm³/mol. The number of benzene rings is 2. The van der Waals surface area contributed by atoms with E-state index in [0.717, 1.165) is 34.3 Å². The van der Waals surface area contributed by atoms with Gasteiger partial charge in [-0.25, -0.2) is 0 Å². The van der Waals surface area contributed by atoms with Gasteiger partial charge in [-0.15, -0.1) is 11.8 Å². The van der Waals surface area contributed by atoms with E-state index in [4.69, 9.17) is 16.3 Å². The van der Waals surface area contributed by atoms with Crippen LogP contribution in [0.5, 0.6) is 5.75 Å². The van der Waals surface area contributed by atoms with Crippen molar-refractivity contribution in [1.82, 2.24) is 5.32 Å². The van der Waals surface area contributed by atoms with Crippen LogP contribution in [0.1, 0.15) is 18.4 Å². The molecule has 2 rings (SSSR count). The smallest absolute Gasteiger partial charge is 0.220 e. The number of hydrogen-bond acceptors (Lipinski definition) is 3. The number of aryl methyl sites for hydroxylation is 1. The van der Waals surface area contributed by atoms with E-state index in [0.29, 0.717) is 13.0 Å². The Morgan fingerprint density at radius 2 is 2.00 bits per heavy atom. The van der Waals surface area contributed by atoms with E-state index < -0.39 is 0 Å². The number of rotatable bonds is 9. The van der Waals surface area contributed by atoms with Gasteiger partial charge in [-0.1, -0.05) is 23.7 Å². The van der Waals surface area contributed by atoms with Crippen LogP contribution in [0.3, 0.4) is 0 Å². The molecule has 0 aliphatic heterocycles. The molecule has 0 atom stereocenters. The molecule has 1 N–H and O–H groups in total. The highest BCUT2D eigenvalue weighted by atomic mass is 35.5. The highest BCUT2D eigenvalue weighted by molar-refractivity contribution is 7.99. The summed E-state index contributed by atoms with van der Waals surface area (Å²) in [5.41, 5.74) is 1.22. The Bertz CT molecular complexity index is 646. The average molecular weight is 364 g/mol. The summed E-state index contributed by atoms with van der Waals surface area (Å²) in [7, 11) is 1.67. The fourth-order valence-electron chi connectivity index (χ4n) is 2.23. The van der Waals surface area contributed by atoms with Crippen LogP contribution in [0, 0.1) is 0 Å². The van der Waals surface area contributed by atoms with E-state index in [-0.39, 0.29) is 5.91 Å². The second-order valence-corrected chi connectivity index (χ2v) is 6.96. The Kier molecular flexibility index (Phi) is 7.99. The summed E-state index contributed by atoms with van der Waals surface area (Å²) in [4.78, 5) is 13.0. The second kappa shape index (κ2) is 10.3. The van der Waals surface area contributed by atoms with Crippen LogP contribution in [-0.4, -0.2) is 25.3 Å². The maximum Gasteiger partial charge on any atom is 0.220 e. The maximum atomic E-state index is 11.8. The van der Waals surface area contributed by atoms with Crippen molar-refractivity contribution < 1.29 is 9.53 Å². The summed E-state index contributed by atoms with van der Waals surface area (Å²) in [6.45, 7) is 0.696. The predicted octanol–water partition coefficient (Wildman–Crippen LogP) is 4.58. The Morgan fingerprint density at radius 3 is 2.75 bits per heavy atom. The zero-order valence-corrected chi connectivity index (χ0v) is 15.3. The third-order valence-corrected chi connectivity index (χ3v) is 4.78. The maximum absolute atomic E-state index is 11.8. The summed E-state index contributed by atoms with van der Waals surface area (Å²) >= 11 is 7.51. The lowest BCUT2D eigenvalue weighted by Gasteiger charge is -2.07. The van der Waals surface area contributed by atoms with E-state index in [2.05, 4.69) is 11.4 Å². The van der Waals surface area contributed by atoms with Crippen LogP contribution >= 0.6 is 23.4 Å². The van der Waals surface area contributed by atoms with E-state index >= 15 is 0 Å². The van der Waals surface area contributed by atoms with Gasteiger partial charge in [-0.05, 0) is 54.8 Å². The molecular weight excluding hydrogens is 342 g/mol. The van der Waals surface area contributed by atoms with Crippen LogP contribution < -0.4 is 10.1 Å². The number of thioether (sulfide) groups is 1. The lowest BCUT2D eigenvalue weighted by atomic mass is 10.1. The largest absolute Gasteiger partial charge is 0.497 e. The first-order valence-electron chi connectivity index (χ1n) is 7.95. The topological polar surface area (TPSA) is 38.3 Å². The van der Waals surface area contributed by atoms with Gasteiger partial charge in [0.15, 0.2) is 0 Å². The molecule has 0 unspecified atom stereocenters. The van der Waals surface area contributed by atoms with Crippen molar-refractivity contribution in [3.63, 3.8) is 0 Å². The van der Waals surface area contributed by atoms with Crippen molar-refractivity contribution in [2.45, 2.75) is 24.2 Å². The summed E-state index contributed by atoms with van der Waals surface area (Å²) in [6.07, 6.45) is 2.37. The van der Waals surface area contributed by atoms with E-state index in [1.54, 1.807) is 18.9 Å². The number of carbonyl (C=O) groups is 1. The third-order valence-electron chi connectivity index (χ3n) is 3.51. The second-order valence-electron chi connectivity index (χ2n) is 5.36. The Hall–Kier alpha value is -1.65. The highest BCUT2D eigenvalue weighted by Crippen LogP contribution is 2.20. The number of nitrogens with one attached hydrogen (secondary N) is 1. The normalized spacial score (nSPS) is 10.4. The number of carbonyl (C=O) groups excluding carboxylic acids is 1. The minimum atomic E-state index is 0.0992. The molecule has 0 radical (unpaired) electrons. The van der Waals surface area contributed by atoms with Gasteiger partial charge in [-0.3, -0.25) is 4.79 Å². The van der Waals surface area contributed by atoms with Crippen molar-refractivity contribution in [3.05, 3.63) is 59.1 Å². The van der Waals surface area contributed by atoms with Gasteiger partial charge < -0.3 is 10.1 Å². The fraction of sp³-hybridized carbons (Fsp3) is 0.316. The highest BCUT2D eigenvalue weighted by Gasteiger charge is 2.02. The van der Waals surface area contributed by atoms with E-state index in [1.165, 1.54) is 5.56 Å². The molecule has 2 aromatic carbocycles. The quantitative estimate of drug-likeness (QED) is 0.523. The first kappa shape index (κ1) is 18.7. The molecule has 128 valence electrons. The monoisotopic (exact) mass is 363 g/mol. The van der Waals surface area contributed by atoms with Gasteiger partial charge in [0.1, 0.15) is 5.75 Å². The molecule has 0 aliphatic carbocycles.